The van der Waals surface area contributed by atoms with Gasteiger partial charge < -0.3 is 9.47 Å². The highest BCUT2D eigenvalue weighted by molar-refractivity contribution is 5.57. The van der Waals surface area contributed by atoms with E-state index in [9.17, 15) is 0 Å². The molecule has 0 saturated carbocycles. The van der Waals surface area contributed by atoms with E-state index in [1.54, 1.807) is 14.2 Å². The van der Waals surface area contributed by atoms with E-state index < -0.39 is 0 Å². The number of ether oxygens (including phenoxy) is 2. The number of hydrogen-bond donors (Lipinski definition) is 0. The Kier molecular flexibility index (Phi) is 8.84. The van der Waals surface area contributed by atoms with Crippen molar-refractivity contribution in [2.75, 3.05) is 47.1 Å². The molecular formula is C22H28NO2-. The number of nitrogens with zero attached hydrogens (tertiary/aromatic N) is 1. The van der Waals surface area contributed by atoms with Crippen LogP contribution in [-0.2, 0) is 9.47 Å². The van der Waals surface area contributed by atoms with Gasteiger partial charge in [0.1, 0.15) is 0 Å². The van der Waals surface area contributed by atoms with E-state index in [1.165, 1.54) is 16.7 Å². The minimum Gasteiger partial charge on any atom is -0.383 e. The number of hydrogen-bond acceptors (Lipinski definition) is 3. The maximum atomic E-state index is 5.26. The Hall–Kier alpha value is -2.07. The minimum atomic E-state index is 0.716. The summed E-state index contributed by atoms with van der Waals surface area (Å²) in [5.41, 5.74) is 3.69. The Labute approximate surface area is 151 Å². The van der Waals surface area contributed by atoms with Gasteiger partial charge in [-0.2, -0.15) is 0 Å². The average molecular weight is 338 g/mol. The summed E-state index contributed by atoms with van der Waals surface area (Å²) < 4.78 is 10.5. The highest BCUT2D eigenvalue weighted by Gasteiger charge is 2.06. The molecule has 3 heteroatoms. The monoisotopic (exact) mass is 338 g/mol. The first-order chi connectivity index (χ1) is 12.3. The van der Waals surface area contributed by atoms with Gasteiger partial charge in [0.05, 0.1) is 13.2 Å². The van der Waals surface area contributed by atoms with E-state index in [-0.39, 0.29) is 0 Å². The smallest absolute Gasteiger partial charge is 0.0589 e. The molecule has 0 amide bonds. The third-order valence-electron chi connectivity index (χ3n) is 3.93. The van der Waals surface area contributed by atoms with Crippen molar-refractivity contribution >= 4 is 6.08 Å². The molecule has 0 aliphatic carbocycles. The highest BCUT2D eigenvalue weighted by Crippen LogP contribution is 2.16. The maximum Gasteiger partial charge on any atom is 0.0589 e. The van der Waals surface area contributed by atoms with Gasteiger partial charge in [0.25, 0.3) is 0 Å². The zero-order valence-corrected chi connectivity index (χ0v) is 15.2. The van der Waals surface area contributed by atoms with Crippen molar-refractivity contribution < 1.29 is 9.47 Å². The predicted molar refractivity (Wildman–Crippen MR) is 104 cm³/mol. The summed E-state index contributed by atoms with van der Waals surface area (Å²) in [7, 11) is 3.48. The molecule has 0 aromatic heterocycles. The molecule has 0 radical (unpaired) electrons. The summed E-state index contributed by atoms with van der Waals surface area (Å²) in [4.78, 5) is 2.36. The van der Waals surface area contributed by atoms with Crippen molar-refractivity contribution in [3.8, 4) is 0 Å². The lowest BCUT2D eigenvalue weighted by Gasteiger charge is -2.26. The Bertz CT molecular complexity index is 602. The first kappa shape index (κ1) is 19.3. The zero-order valence-electron chi connectivity index (χ0n) is 15.2. The van der Waals surface area contributed by atoms with E-state index in [1.807, 2.05) is 12.1 Å². The third kappa shape index (κ3) is 7.57. The lowest BCUT2D eigenvalue weighted by atomic mass is 10.0. The molecule has 0 unspecified atom stereocenters. The second-order valence-corrected chi connectivity index (χ2v) is 5.95. The summed E-state index contributed by atoms with van der Waals surface area (Å²) in [5, 5.41) is 0. The molecule has 2 aromatic rings. The van der Waals surface area contributed by atoms with Gasteiger partial charge >= 0.3 is 0 Å². The van der Waals surface area contributed by atoms with Crippen LogP contribution in [0.1, 0.15) is 11.1 Å². The molecule has 3 nitrogen and oxygen atoms in total. The summed E-state index contributed by atoms with van der Waals surface area (Å²) in [6, 6.07) is 20.9. The van der Waals surface area contributed by atoms with Crippen LogP contribution < -0.4 is 0 Å². The topological polar surface area (TPSA) is 21.7 Å². The van der Waals surface area contributed by atoms with E-state index in [4.69, 9.17) is 9.47 Å². The third-order valence-corrected chi connectivity index (χ3v) is 3.93. The molecule has 0 bridgehead atoms. The van der Waals surface area contributed by atoms with Crippen molar-refractivity contribution in [3.05, 3.63) is 83.8 Å². The SMILES string of the molecule is COCCN(CCOC)C/C(=C\c1ccccc1)[CH-]c1ccccc1. The van der Waals surface area contributed by atoms with Crippen molar-refractivity contribution in [2.24, 2.45) is 0 Å². The molecule has 134 valence electrons. The van der Waals surface area contributed by atoms with Crippen LogP contribution in [-0.4, -0.2) is 52.0 Å². The predicted octanol–water partition coefficient (Wildman–Crippen LogP) is 3.92. The van der Waals surface area contributed by atoms with Crippen LogP contribution in [0.25, 0.3) is 6.08 Å². The summed E-state index contributed by atoms with van der Waals surface area (Å²) >= 11 is 0. The Morgan fingerprint density at radius 2 is 1.44 bits per heavy atom. The largest absolute Gasteiger partial charge is 0.383 e. The molecule has 0 heterocycles. The minimum absolute atomic E-state index is 0.716. The quantitative estimate of drug-likeness (QED) is 0.580. The second kappa shape index (κ2) is 11.5. The van der Waals surface area contributed by atoms with Gasteiger partial charge in [0.2, 0.25) is 0 Å². The van der Waals surface area contributed by atoms with Crippen molar-refractivity contribution in [1.82, 2.24) is 4.90 Å². The van der Waals surface area contributed by atoms with Crippen LogP contribution in [0.15, 0.2) is 66.2 Å². The van der Waals surface area contributed by atoms with Crippen molar-refractivity contribution in [2.45, 2.75) is 0 Å². The van der Waals surface area contributed by atoms with Gasteiger partial charge in [-0.3, -0.25) is 4.90 Å². The van der Waals surface area contributed by atoms with Crippen LogP contribution in [0.2, 0.25) is 0 Å². The normalized spacial score (nSPS) is 11.7. The molecule has 0 N–H and O–H groups in total. The molecule has 25 heavy (non-hydrogen) atoms. The van der Waals surface area contributed by atoms with Gasteiger partial charge in [-0.05, 0) is 0 Å². The lowest BCUT2D eigenvalue weighted by molar-refractivity contribution is 0.120. The number of benzene rings is 2. The number of methoxy groups -OCH3 is 2. The fraction of sp³-hybridized carbons (Fsp3) is 0.318. The van der Waals surface area contributed by atoms with Crippen LogP contribution in [0.3, 0.4) is 0 Å². The Morgan fingerprint density at radius 3 is 2.00 bits per heavy atom. The van der Waals surface area contributed by atoms with Gasteiger partial charge in [-0.15, -0.1) is 47.9 Å². The van der Waals surface area contributed by atoms with Crippen molar-refractivity contribution in [3.63, 3.8) is 0 Å². The molecular weight excluding hydrogens is 310 g/mol. The van der Waals surface area contributed by atoms with Gasteiger partial charge in [0, 0.05) is 33.9 Å². The molecule has 0 aliphatic heterocycles. The first-order valence-corrected chi connectivity index (χ1v) is 8.67. The summed E-state index contributed by atoms with van der Waals surface area (Å²) in [6.45, 7) is 4.06. The Morgan fingerprint density at radius 1 is 0.880 bits per heavy atom. The molecule has 0 fully saturated rings. The highest BCUT2D eigenvalue weighted by atomic mass is 16.5. The molecule has 2 rings (SSSR count). The maximum absolute atomic E-state index is 5.26. The fourth-order valence-corrected chi connectivity index (χ4v) is 2.63. The van der Waals surface area contributed by atoms with E-state index in [2.05, 4.69) is 65.9 Å². The molecule has 2 aromatic carbocycles. The van der Waals surface area contributed by atoms with Crippen molar-refractivity contribution in [1.29, 1.82) is 0 Å². The molecule has 0 saturated heterocycles. The average Bonchev–Trinajstić information content (AvgIpc) is 2.65. The van der Waals surface area contributed by atoms with E-state index in [0.29, 0.717) is 13.2 Å². The second-order valence-electron chi connectivity index (χ2n) is 5.95. The van der Waals surface area contributed by atoms with Crippen LogP contribution >= 0.6 is 0 Å². The summed E-state index contributed by atoms with van der Waals surface area (Å²) in [6.07, 6.45) is 4.50. The Balaban J connectivity index is 2.15. The van der Waals surface area contributed by atoms with Crippen LogP contribution in [0.4, 0.5) is 0 Å². The van der Waals surface area contributed by atoms with E-state index >= 15 is 0 Å². The zero-order chi connectivity index (χ0) is 17.7. The van der Waals surface area contributed by atoms with Gasteiger partial charge in [-0.1, -0.05) is 42.0 Å². The van der Waals surface area contributed by atoms with Gasteiger partial charge in [0.15, 0.2) is 0 Å². The number of rotatable bonds is 11. The van der Waals surface area contributed by atoms with Crippen LogP contribution in [0, 0.1) is 6.42 Å². The fourth-order valence-electron chi connectivity index (χ4n) is 2.63. The molecule has 0 aliphatic rings. The standard InChI is InChI=1S/C22H28NO2/c1-24-15-13-23(14-16-25-2)19-22(17-20-9-5-3-6-10-20)18-21-11-7-4-8-12-21/h3-12,17-18H,13-16,19H2,1-2H3/q-1/b22-17-. The van der Waals surface area contributed by atoms with E-state index in [0.717, 1.165) is 19.6 Å². The molecule has 0 atom stereocenters. The first-order valence-electron chi connectivity index (χ1n) is 8.67. The van der Waals surface area contributed by atoms with Gasteiger partial charge in [-0.25, -0.2) is 0 Å². The van der Waals surface area contributed by atoms with Crippen LogP contribution in [0.5, 0.6) is 0 Å². The molecule has 0 spiro atoms. The summed E-state index contributed by atoms with van der Waals surface area (Å²) in [5.74, 6) is 0. The lowest BCUT2D eigenvalue weighted by Crippen LogP contribution is -2.32.